The van der Waals surface area contributed by atoms with Gasteiger partial charge in [0.1, 0.15) is 5.82 Å². The molecular formula is C18H24N4O. The normalized spacial score (nSPS) is 17.2. The zero-order valence-electron chi connectivity index (χ0n) is 13.5. The van der Waals surface area contributed by atoms with Crippen LogP contribution in [0.3, 0.4) is 0 Å². The third-order valence-electron chi connectivity index (χ3n) is 4.46. The maximum atomic E-state index is 10.4. The minimum atomic E-state index is -0.501. The number of hydrogen-bond acceptors (Lipinski definition) is 5. The summed E-state index contributed by atoms with van der Waals surface area (Å²) in [5.41, 5.74) is 8.61. The Hall–Kier alpha value is -2.11. The van der Waals surface area contributed by atoms with Crippen LogP contribution >= 0.6 is 0 Å². The van der Waals surface area contributed by atoms with Crippen LogP contribution < -0.4 is 10.6 Å². The lowest BCUT2D eigenvalue weighted by atomic mass is 10.0. The fourth-order valence-electron chi connectivity index (χ4n) is 2.92. The molecule has 1 aliphatic heterocycles. The Bertz CT molecular complexity index is 639. The van der Waals surface area contributed by atoms with Gasteiger partial charge in [0.25, 0.3) is 0 Å². The van der Waals surface area contributed by atoms with Gasteiger partial charge in [0.05, 0.1) is 6.10 Å². The van der Waals surface area contributed by atoms with Crippen molar-refractivity contribution in [2.45, 2.75) is 13.0 Å². The maximum Gasteiger partial charge on any atom is 0.128 e. The molecule has 1 aromatic heterocycles. The molecule has 0 aliphatic carbocycles. The number of nitrogen functional groups attached to an aromatic ring is 1. The zero-order valence-corrected chi connectivity index (χ0v) is 13.5. The number of β-amino-alcohol motifs (C(OH)–C–C–N with tert-alkyl or cyclic N) is 1. The fourth-order valence-corrected chi connectivity index (χ4v) is 2.92. The summed E-state index contributed by atoms with van der Waals surface area (Å²) in [7, 11) is 0. The molecule has 3 N–H and O–H groups in total. The van der Waals surface area contributed by atoms with Gasteiger partial charge in [-0.05, 0) is 36.2 Å². The molecule has 1 atom stereocenters. The summed E-state index contributed by atoms with van der Waals surface area (Å²) in [4.78, 5) is 8.97. The molecule has 1 aliphatic rings. The highest BCUT2D eigenvalue weighted by Gasteiger charge is 2.20. The van der Waals surface area contributed by atoms with Crippen LogP contribution in [0.1, 0.15) is 17.2 Å². The van der Waals surface area contributed by atoms with E-state index in [4.69, 9.17) is 5.73 Å². The van der Waals surface area contributed by atoms with Crippen LogP contribution in [0.2, 0.25) is 0 Å². The predicted octanol–water partition coefficient (Wildman–Crippen LogP) is 1.83. The Morgan fingerprint density at radius 3 is 2.61 bits per heavy atom. The summed E-state index contributed by atoms with van der Waals surface area (Å²) in [6.45, 7) is 6.32. The molecule has 0 bridgehead atoms. The largest absolute Gasteiger partial charge is 0.399 e. The van der Waals surface area contributed by atoms with Crippen LogP contribution in [-0.2, 0) is 0 Å². The van der Waals surface area contributed by atoms with Crippen molar-refractivity contribution in [2.75, 3.05) is 43.4 Å². The molecule has 0 amide bonds. The van der Waals surface area contributed by atoms with Crippen LogP contribution in [0.5, 0.6) is 0 Å². The number of aryl methyl sites for hydroxylation is 1. The minimum Gasteiger partial charge on any atom is -0.399 e. The van der Waals surface area contributed by atoms with E-state index in [1.165, 1.54) is 0 Å². The SMILES string of the molecule is Cc1ccc(C(O)CN2CCN(c3ccccn3)CC2)cc1N. The van der Waals surface area contributed by atoms with Gasteiger partial charge < -0.3 is 15.7 Å². The summed E-state index contributed by atoms with van der Waals surface area (Å²) in [6, 6.07) is 11.8. The van der Waals surface area contributed by atoms with Crippen LogP contribution in [0.25, 0.3) is 0 Å². The van der Waals surface area contributed by atoms with Gasteiger partial charge in [-0.2, -0.15) is 0 Å². The first-order valence-corrected chi connectivity index (χ1v) is 8.06. The number of pyridine rings is 1. The monoisotopic (exact) mass is 312 g/mol. The number of hydrogen-bond donors (Lipinski definition) is 2. The molecule has 5 nitrogen and oxygen atoms in total. The van der Waals surface area contributed by atoms with Crippen LogP contribution in [0.15, 0.2) is 42.6 Å². The lowest BCUT2D eigenvalue weighted by Gasteiger charge is -2.36. The first-order valence-electron chi connectivity index (χ1n) is 8.06. The number of benzene rings is 1. The number of aromatic nitrogens is 1. The number of piperazine rings is 1. The van der Waals surface area contributed by atoms with Crippen molar-refractivity contribution in [1.29, 1.82) is 0 Å². The highest BCUT2D eigenvalue weighted by atomic mass is 16.3. The van der Waals surface area contributed by atoms with Crippen molar-refractivity contribution in [3.63, 3.8) is 0 Å². The Balaban J connectivity index is 1.55. The Labute approximate surface area is 137 Å². The molecule has 1 aromatic carbocycles. The van der Waals surface area contributed by atoms with Crippen molar-refractivity contribution in [2.24, 2.45) is 0 Å². The fraction of sp³-hybridized carbons (Fsp3) is 0.389. The second-order valence-corrected chi connectivity index (χ2v) is 6.11. The minimum absolute atomic E-state index is 0.501. The van der Waals surface area contributed by atoms with Crippen molar-refractivity contribution >= 4 is 11.5 Å². The molecule has 0 radical (unpaired) electrons. The van der Waals surface area contributed by atoms with Gasteiger partial charge in [-0.25, -0.2) is 4.98 Å². The van der Waals surface area contributed by atoms with Crippen LogP contribution in [0.4, 0.5) is 11.5 Å². The van der Waals surface area contributed by atoms with Gasteiger partial charge in [-0.3, -0.25) is 4.90 Å². The van der Waals surface area contributed by atoms with Crippen molar-refractivity contribution in [1.82, 2.24) is 9.88 Å². The zero-order chi connectivity index (χ0) is 16.2. The number of nitrogens with zero attached hydrogens (tertiary/aromatic N) is 3. The lowest BCUT2D eigenvalue weighted by molar-refractivity contribution is 0.109. The van der Waals surface area contributed by atoms with E-state index in [2.05, 4.69) is 14.8 Å². The molecule has 2 aromatic rings. The lowest BCUT2D eigenvalue weighted by Crippen LogP contribution is -2.47. The molecule has 2 heterocycles. The number of anilines is 2. The highest BCUT2D eigenvalue weighted by Crippen LogP contribution is 2.21. The summed E-state index contributed by atoms with van der Waals surface area (Å²) in [5.74, 6) is 1.03. The van der Waals surface area contributed by atoms with Crippen LogP contribution in [-0.4, -0.2) is 47.7 Å². The Kier molecular flexibility index (Phi) is 4.79. The first-order chi connectivity index (χ1) is 11.1. The van der Waals surface area contributed by atoms with E-state index >= 15 is 0 Å². The second-order valence-electron chi connectivity index (χ2n) is 6.11. The topological polar surface area (TPSA) is 65.6 Å². The van der Waals surface area contributed by atoms with E-state index in [0.717, 1.165) is 48.8 Å². The average molecular weight is 312 g/mol. The number of nitrogens with two attached hydrogens (primary N) is 1. The van der Waals surface area contributed by atoms with E-state index in [0.29, 0.717) is 6.54 Å². The van der Waals surface area contributed by atoms with Gasteiger partial charge in [0, 0.05) is 44.6 Å². The van der Waals surface area contributed by atoms with Gasteiger partial charge in [-0.15, -0.1) is 0 Å². The quantitative estimate of drug-likeness (QED) is 0.843. The molecule has 122 valence electrons. The molecule has 0 spiro atoms. The second kappa shape index (κ2) is 6.98. The summed E-state index contributed by atoms with van der Waals surface area (Å²) in [6.07, 6.45) is 1.33. The van der Waals surface area contributed by atoms with E-state index in [1.807, 2.05) is 49.5 Å². The first kappa shape index (κ1) is 15.8. The molecule has 23 heavy (non-hydrogen) atoms. The molecule has 1 unspecified atom stereocenters. The van der Waals surface area contributed by atoms with Gasteiger partial charge in [0.2, 0.25) is 0 Å². The molecule has 3 rings (SSSR count). The van der Waals surface area contributed by atoms with Crippen molar-refractivity contribution < 1.29 is 5.11 Å². The third-order valence-corrected chi connectivity index (χ3v) is 4.46. The smallest absolute Gasteiger partial charge is 0.128 e. The van der Waals surface area contributed by atoms with Gasteiger partial charge in [-0.1, -0.05) is 18.2 Å². The Morgan fingerprint density at radius 2 is 1.96 bits per heavy atom. The molecular weight excluding hydrogens is 288 g/mol. The van der Waals surface area contributed by atoms with E-state index in [9.17, 15) is 5.11 Å². The number of rotatable bonds is 4. The van der Waals surface area contributed by atoms with E-state index in [-0.39, 0.29) is 0 Å². The predicted molar refractivity (Wildman–Crippen MR) is 93.4 cm³/mol. The molecule has 0 saturated carbocycles. The molecule has 1 saturated heterocycles. The van der Waals surface area contributed by atoms with Gasteiger partial charge >= 0.3 is 0 Å². The number of aliphatic hydroxyl groups excluding tert-OH is 1. The Morgan fingerprint density at radius 1 is 1.17 bits per heavy atom. The molecule has 1 fully saturated rings. The summed E-state index contributed by atoms with van der Waals surface area (Å²) >= 11 is 0. The van der Waals surface area contributed by atoms with Crippen LogP contribution in [0, 0.1) is 6.92 Å². The average Bonchev–Trinajstić information content (AvgIpc) is 2.59. The standard InChI is InChI=1S/C18H24N4O/c1-14-5-6-15(12-16(14)19)17(23)13-21-8-10-22(11-9-21)18-4-2-3-7-20-18/h2-7,12,17,23H,8-11,13,19H2,1H3. The molecule has 5 heteroatoms. The third kappa shape index (κ3) is 3.81. The van der Waals surface area contributed by atoms with Gasteiger partial charge in [0.15, 0.2) is 0 Å². The van der Waals surface area contributed by atoms with E-state index < -0.39 is 6.10 Å². The number of aliphatic hydroxyl groups is 1. The maximum absolute atomic E-state index is 10.4. The summed E-state index contributed by atoms with van der Waals surface area (Å²) in [5, 5.41) is 10.4. The van der Waals surface area contributed by atoms with E-state index in [1.54, 1.807) is 0 Å². The van der Waals surface area contributed by atoms with Crippen molar-refractivity contribution in [3.8, 4) is 0 Å². The summed E-state index contributed by atoms with van der Waals surface area (Å²) < 4.78 is 0. The van der Waals surface area contributed by atoms with Crippen molar-refractivity contribution in [3.05, 3.63) is 53.7 Å². The highest BCUT2D eigenvalue weighted by molar-refractivity contribution is 5.48.